The zero-order valence-corrected chi connectivity index (χ0v) is 15.0. The SMILES string of the molecule is O=S(=O)(CCN1CCCC1)N1CCC[C@H](CN2CCOCC2)C1. The second-order valence-corrected chi connectivity index (χ2v) is 9.23. The number of piperidine rings is 1. The third-order valence-corrected chi connectivity index (χ3v) is 7.18. The molecule has 23 heavy (non-hydrogen) atoms. The van der Waals surface area contributed by atoms with Crippen molar-refractivity contribution in [2.75, 3.05) is 71.3 Å². The zero-order valence-electron chi connectivity index (χ0n) is 14.2. The molecule has 3 aliphatic heterocycles. The van der Waals surface area contributed by atoms with Crippen LogP contribution in [-0.4, -0.2) is 93.8 Å². The molecule has 0 saturated carbocycles. The summed E-state index contributed by atoms with van der Waals surface area (Å²) < 4.78 is 32.4. The van der Waals surface area contributed by atoms with Gasteiger partial charge in [-0.05, 0) is 44.7 Å². The van der Waals surface area contributed by atoms with Crippen molar-refractivity contribution >= 4 is 10.0 Å². The molecule has 0 aromatic heterocycles. The topological polar surface area (TPSA) is 53.1 Å². The van der Waals surface area contributed by atoms with Crippen molar-refractivity contribution in [3.8, 4) is 0 Å². The summed E-state index contributed by atoms with van der Waals surface area (Å²) in [7, 11) is -3.10. The van der Waals surface area contributed by atoms with Gasteiger partial charge >= 0.3 is 0 Å². The normalized spacial score (nSPS) is 29.1. The first-order chi connectivity index (χ1) is 11.1. The third-order valence-electron chi connectivity index (χ3n) is 5.36. The maximum atomic E-state index is 12.6. The van der Waals surface area contributed by atoms with Crippen molar-refractivity contribution in [3.05, 3.63) is 0 Å². The van der Waals surface area contributed by atoms with Crippen LogP contribution < -0.4 is 0 Å². The van der Waals surface area contributed by atoms with Gasteiger partial charge in [-0.25, -0.2) is 12.7 Å². The first-order valence-electron chi connectivity index (χ1n) is 9.14. The highest BCUT2D eigenvalue weighted by molar-refractivity contribution is 7.89. The number of sulfonamides is 1. The van der Waals surface area contributed by atoms with Gasteiger partial charge in [0.2, 0.25) is 10.0 Å². The summed E-state index contributed by atoms with van der Waals surface area (Å²) >= 11 is 0. The lowest BCUT2D eigenvalue weighted by atomic mass is 9.99. The minimum atomic E-state index is -3.10. The van der Waals surface area contributed by atoms with Crippen LogP contribution in [0.15, 0.2) is 0 Å². The first kappa shape index (κ1) is 17.6. The van der Waals surface area contributed by atoms with E-state index < -0.39 is 10.0 Å². The number of likely N-dealkylation sites (tertiary alicyclic amines) is 1. The number of rotatable bonds is 6. The summed E-state index contributed by atoms with van der Waals surface area (Å²) in [5, 5.41) is 0. The molecular weight excluding hydrogens is 314 g/mol. The highest BCUT2D eigenvalue weighted by Crippen LogP contribution is 2.21. The summed E-state index contributed by atoms with van der Waals surface area (Å²) in [4.78, 5) is 4.71. The Balaban J connectivity index is 1.47. The number of nitrogens with zero attached hydrogens (tertiary/aromatic N) is 3. The van der Waals surface area contributed by atoms with Gasteiger partial charge in [-0.2, -0.15) is 0 Å². The lowest BCUT2D eigenvalue weighted by Gasteiger charge is -2.36. The van der Waals surface area contributed by atoms with Crippen LogP contribution in [0.2, 0.25) is 0 Å². The van der Waals surface area contributed by atoms with E-state index in [9.17, 15) is 8.42 Å². The minimum absolute atomic E-state index is 0.289. The third kappa shape index (κ3) is 5.13. The Labute approximate surface area is 140 Å². The number of hydrogen-bond donors (Lipinski definition) is 0. The van der Waals surface area contributed by atoms with Crippen molar-refractivity contribution in [3.63, 3.8) is 0 Å². The Morgan fingerprint density at radius 2 is 1.65 bits per heavy atom. The van der Waals surface area contributed by atoms with Crippen LogP contribution in [-0.2, 0) is 14.8 Å². The Morgan fingerprint density at radius 1 is 0.913 bits per heavy atom. The van der Waals surface area contributed by atoms with E-state index in [4.69, 9.17) is 4.74 Å². The Morgan fingerprint density at radius 3 is 2.39 bits per heavy atom. The average Bonchev–Trinajstić information content (AvgIpc) is 3.08. The fraction of sp³-hybridized carbons (Fsp3) is 1.00. The second kappa shape index (κ2) is 8.25. The van der Waals surface area contributed by atoms with Gasteiger partial charge in [0.15, 0.2) is 0 Å². The smallest absolute Gasteiger partial charge is 0.215 e. The quantitative estimate of drug-likeness (QED) is 0.700. The molecule has 3 saturated heterocycles. The molecule has 3 rings (SSSR count). The molecule has 0 radical (unpaired) electrons. The van der Waals surface area contributed by atoms with Crippen LogP contribution >= 0.6 is 0 Å². The maximum Gasteiger partial charge on any atom is 0.215 e. The van der Waals surface area contributed by atoms with Crippen molar-refractivity contribution in [2.24, 2.45) is 5.92 Å². The summed E-state index contributed by atoms with van der Waals surface area (Å²) in [5.41, 5.74) is 0. The van der Waals surface area contributed by atoms with E-state index in [1.807, 2.05) is 0 Å². The van der Waals surface area contributed by atoms with Crippen molar-refractivity contribution in [2.45, 2.75) is 25.7 Å². The van der Waals surface area contributed by atoms with Crippen LogP contribution in [0.25, 0.3) is 0 Å². The van der Waals surface area contributed by atoms with E-state index in [0.29, 0.717) is 25.6 Å². The second-order valence-electron chi connectivity index (χ2n) is 7.14. The van der Waals surface area contributed by atoms with Gasteiger partial charge in [0.1, 0.15) is 0 Å². The predicted molar refractivity (Wildman–Crippen MR) is 91.0 cm³/mol. The molecule has 134 valence electrons. The van der Waals surface area contributed by atoms with E-state index in [0.717, 1.165) is 58.8 Å². The fourth-order valence-electron chi connectivity index (χ4n) is 3.96. The number of ether oxygens (including phenoxy) is 1. The molecule has 0 spiro atoms. The maximum absolute atomic E-state index is 12.6. The zero-order chi connectivity index (χ0) is 16.1. The molecule has 3 aliphatic rings. The Kier molecular flexibility index (Phi) is 6.31. The fourth-order valence-corrected chi connectivity index (χ4v) is 5.55. The van der Waals surface area contributed by atoms with E-state index in [-0.39, 0.29) is 5.75 Å². The highest BCUT2D eigenvalue weighted by atomic mass is 32.2. The lowest BCUT2D eigenvalue weighted by Crippen LogP contribution is -2.47. The van der Waals surface area contributed by atoms with Crippen molar-refractivity contribution in [1.29, 1.82) is 0 Å². The number of hydrogen-bond acceptors (Lipinski definition) is 5. The minimum Gasteiger partial charge on any atom is -0.379 e. The standard InChI is InChI=1S/C16H31N3O3S/c20-23(21,13-10-17-5-1-2-6-17)19-7-3-4-16(15-19)14-18-8-11-22-12-9-18/h16H,1-15H2/t16-/m1/s1. The predicted octanol–water partition coefficient (Wildman–Crippen LogP) is 0.456. The molecule has 0 amide bonds. The van der Waals surface area contributed by atoms with E-state index in [1.165, 1.54) is 12.8 Å². The van der Waals surface area contributed by atoms with Crippen LogP contribution in [0.3, 0.4) is 0 Å². The monoisotopic (exact) mass is 345 g/mol. The molecule has 0 aromatic rings. The Hall–Kier alpha value is -0.210. The molecule has 0 N–H and O–H groups in total. The van der Waals surface area contributed by atoms with Gasteiger partial charge in [-0.15, -0.1) is 0 Å². The largest absolute Gasteiger partial charge is 0.379 e. The molecule has 1 atom stereocenters. The van der Waals surface area contributed by atoms with E-state index >= 15 is 0 Å². The molecule has 0 aromatic carbocycles. The summed E-state index contributed by atoms with van der Waals surface area (Å²) in [5.74, 6) is 0.764. The molecule has 3 heterocycles. The van der Waals surface area contributed by atoms with Gasteiger partial charge in [0.05, 0.1) is 19.0 Å². The van der Waals surface area contributed by atoms with Crippen LogP contribution in [0.5, 0.6) is 0 Å². The van der Waals surface area contributed by atoms with E-state index in [1.54, 1.807) is 4.31 Å². The Bertz CT molecular complexity index is 459. The summed E-state index contributed by atoms with van der Waals surface area (Å²) in [6, 6.07) is 0. The highest BCUT2D eigenvalue weighted by Gasteiger charge is 2.30. The molecule has 7 heteroatoms. The van der Waals surface area contributed by atoms with Gasteiger partial charge in [0, 0.05) is 39.3 Å². The number of morpholine rings is 1. The first-order valence-corrected chi connectivity index (χ1v) is 10.7. The molecule has 0 unspecified atom stereocenters. The van der Waals surface area contributed by atoms with Crippen LogP contribution in [0.1, 0.15) is 25.7 Å². The lowest BCUT2D eigenvalue weighted by molar-refractivity contribution is 0.0265. The van der Waals surface area contributed by atoms with Gasteiger partial charge in [0.25, 0.3) is 0 Å². The van der Waals surface area contributed by atoms with Crippen LogP contribution in [0.4, 0.5) is 0 Å². The van der Waals surface area contributed by atoms with E-state index in [2.05, 4.69) is 9.80 Å². The molecule has 0 bridgehead atoms. The molecule has 6 nitrogen and oxygen atoms in total. The molecule has 3 fully saturated rings. The molecular formula is C16H31N3O3S. The van der Waals surface area contributed by atoms with Gasteiger partial charge in [-0.1, -0.05) is 0 Å². The van der Waals surface area contributed by atoms with Crippen LogP contribution in [0, 0.1) is 5.92 Å². The average molecular weight is 346 g/mol. The molecule has 0 aliphatic carbocycles. The van der Waals surface area contributed by atoms with Gasteiger partial charge < -0.3 is 9.64 Å². The summed E-state index contributed by atoms with van der Waals surface area (Å²) in [6.45, 7) is 8.85. The van der Waals surface area contributed by atoms with Crippen molar-refractivity contribution < 1.29 is 13.2 Å². The van der Waals surface area contributed by atoms with Crippen molar-refractivity contribution in [1.82, 2.24) is 14.1 Å². The summed E-state index contributed by atoms with van der Waals surface area (Å²) in [6.07, 6.45) is 4.57. The van der Waals surface area contributed by atoms with Gasteiger partial charge in [-0.3, -0.25) is 4.90 Å².